The first-order chi connectivity index (χ1) is 17.8. The molecule has 2 aromatic carbocycles. The first kappa shape index (κ1) is 27.0. The van der Waals surface area contributed by atoms with Gasteiger partial charge in [-0.05, 0) is 24.3 Å². The number of nitrogens with zero attached hydrogens (tertiary/aromatic N) is 2. The Morgan fingerprint density at radius 1 is 0.730 bits per heavy atom. The molecule has 37 heavy (non-hydrogen) atoms. The van der Waals surface area contributed by atoms with Crippen molar-refractivity contribution in [2.24, 2.45) is 11.8 Å². The Labute approximate surface area is 227 Å². The molecule has 0 saturated heterocycles. The topological polar surface area (TPSA) is 144 Å². The summed E-state index contributed by atoms with van der Waals surface area (Å²) in [5.41, 5.74) is 1.61. The lowest BCUT2D eigenvalue weighted by Crippen LogP contribution is -2.26. The number of thiazole rings is 2. The highest BCUT2D eigenvalue weighted by Crippen LogP contribution is 2.32. The second kappa shape index (κ2) is 12.5. The summed E-state index contributed by atoms with van der Waals surface area (Å²) in [5, 5.41) is 19.0. The Hall–Kier alpha value is -3.00. The number of carboxylic acids is 2. The first-order valence-electron chi connectivity index (χ1n) is 10.9. The van der Waals surface area contributed by atoms with Gasteiger partial charge in [0.1, 0.15) is 0 Å². The van der Waals surface area contributed by atoms with Crippen molar-refractivity contribution in [1.29, 1.82) is 0 Å². The fourth-order valence-corrected chi connectivity index (χ4v) is 7.56. The van der Waals surface area contributed by atoms with Crippen LogP contribution >= 0.6 is 46.2 Å². The number of fused-ring (bicyclic) bond motifs is 2. The van der Waals surface area contributed by atoms with Gasteiger partial charge >= 0.3 is 23.9 Å². The summed E-state index contributed by atoms with van der Waals surface area (Å²) in [6.07, 6.45) is -1.03. The van der Waals surface area contributed by atoms with E-state index in [2.05, 4.69) is 9.97 Å². The van der Waals surface area contributed by atoms with Gasteiger partial charge in [0.15, 0.2) is 8.68 Å². The van der Waals surface area contributed by atoms with Crippen LogP contribution in [0.15, 0.2) is 57.2 Å². The van der Waals surface area contributed by atoms with Gasteiger partial charge in [-0.2, -0.15) is 0 Å². The number of aromatic nitrogens is 2. The van der Waals surface area contributed by atoms with Crippen LogP contribution in [0.25, 0.3) is 20.4 Å². The molecule has 4 aromatic rings. The van der Waals surface area contributed by atoms with Crippen molar-refractivity contribution in [2.75, 3.05) is 11.5 Å². The SMILES string of the molecule is O=C(CC(CSc1nc2ccccc2s1)C(=O)O)OC(=O)CC(CSc1nc2ccccc2s1)C(=O)O. The highest BCUT2D eigenvalue weighted by Gasteiger charge is 2.28. The molecule has 13 heteroatoms. The molecular weight excluding hydrogens is 557 g/mol. The molecule has 2 N–H and O–H groups in total. The number of carbonyl (C=O) groups excluding carboxylic acids is 2. The van der Waals surface area contributed by atoms with Crippen molar-refractivity contribution < 1.29 is 34.1 Å². The van der Waals surface area contributed by atoms with Gasteiger partial charge in [0.25, 0.3) is 0 Å². The second-order valence-electron chi connectivity index (χ2n) is 7.84. The van der Waals surface area contributed by atoms with Crippen molar-refractivity contribution in [2.45, 2.75) is 21.5 Å². The molecule has 2 aromatic heterocycles. The largest absolute Gasteiger partial charge is 0.481 e. The lowest BCUT2D eigenvalue weighted by Gasteiger charge is -2.12. The number of aliphatic carboxylic acids is 2. The summed E-state index contributed by atoms with van der Waals surface area (Å²) in [4.78, 5) is 56.7. The van der Waals surface area contributed by atoms with Crippen molar-refractivity contribution in [1.82, 2.24) is 9.97 Å². The molecule has 2 heterocycles. The molecule has 192 valence electrons. The number of hydrogen-bond acceptors (Lipinski definition) is 11. The standard InChI is InChI=1S/C24H20N2O7S4/c27-19(9-13(21(29)30)11-34-23-25-15-5-1-3-7-17(15)36-23)33-20(28)10-14(22(31)32)12-35-24-26-16-6-2-4-8-18(16)37-24/h1-8,13-14H,9-12H2,(H,29,30)(H,31,32). The molecule has 0 aliphatic heterocycles. The summed E-state index contributed by atoms with van der Waals surface area (Å²) in [7, 11) is 0. The summed E-state index contributed by atoms with van der Waals surface area (Å²) in [5.74, 6) is -6.48. The maximum atomic E-state index is 12.3. The van der Waals surface area contributed by atoms with E-state index >= 15 is 0 Å². The van der Waals surface area contributed by atoms with Gasteiger partial charge in [0.05, 0.1) is 45.1 Å². The molecule has 0 saturated carbocycles. The number of carboxylic acid groups (broad SMARTS) is 2. The molecule has 0 fully saturated rings. The third-order valence-corrected chi connectivity index (χ3v) is 9.80. The van der Waals surface area contributed by atoms with E-state index in [0.29, 0.717) is 8.68 Å². The number of esters is 2. The number of carbonyl (C=O) groups is 4. The van der Waals surface area contributed by atoms with Crippen molar-refractivity contribution in [3.8, 4) is 0 Å². The minimum atomic E-state index is -1.20. The fourth-order valence-electron chi connectivity index (χ4n) is 3.22. The van der Waals surface area contributed by atoms with Gasteiger partial charge in [0.2, 0.25) is 0 Å². The lowest BCUT2D eigenvalue weighted by molar-refractivity contribution is -0.164. The van der Waals surface area contributed by atoms with E-state index in [1.807, 2.05) is 48.5 Å². The lowest BCUT2D eigenvalue weighted by atomic mass is 10.1. The van der Waals surface area contributed by atoms with E-state index in [1.165, 1.54) is 46.2 Å². The van der Waals surface area contributed by atoms with Crippen molar-refractivity contribution in [3.05, 3.63) is 48.5 Å². The Morgan fingerprint density at radius 3 is 1.51 bits per heavy atom. The average Bonchev–Trinajstić information content (AvgIpc) is 3.47. The number of thioether (sulfide) groups is 2. The van der Waals surface area contributed by atoms with Gasteiger partial charge in [0, 0.05) is 11.5 Å². The fraction of sp³-hybridized carbons (Fsp3) is 0.250. The molecule has 0 aliphatic carbocycles. The summed E-state index contributed by atoms with van der Waals surface area (Å²) >= 11 is 5.27. The quantitative estimate of drug-likeness (QED) is 0.133. The zero-order valence-corrected chi connectivity index (χ0v) is 22.3. The second-order valence-corrected chi connectivity index (χ2v) is 12.4. The number of rotatable bonds is 12. The van der Waals surface area contributed by atoms with E-state index < -0.39 is 48.6 Å². The molecule has 4 rings (SSSR count). The van der Waals surface area contributed by atoms with Crippen LogP contribution in [0.1, 0.15) is 12.8 Å². The monoisotopic (exact) mass is 576 g/mol. The average molecular weight is 577 g/mol. The number of ether oxygens (including phenoxy) is 1. The molecule has 0 bridgehead atoms. The minimum Gasteiger partial charge on any atom is -0.481 e. The molecule has 2 unspecified atom stereocenters. The number of para-hydroxylation sites is 2. The zero-order valence-electron chi connectivity index (χ0n) is 19.1. The summed E-state index contributed by atoms with van der Waals surface area (Å²) in [6.45, 7) is 0. The van der Waals surface area contributed by atoms with E-state index in [9.17, 15) is 29.4 Å². The summed E-state index contributed by atoms with van der Waals surface area (Å²) in [6, 6.07) is 15.0. The maximum Gasteiger partial charge on any atom is 0.314 e. The van der Waals surface area contributed by atoms with E-state index in [-0.39, 0.29) is 11.5 Å². The van der Waals surface area contributed by atoms with Crippen molar-refractivity contribution >= 4 is 90.5 Å². The zero-order chi connectivity index (χ0) is 26.4. The maximum absolute atomic E-state index is 12.3. The third-order valence-electron chi connectivity index (χ3n) is 5.12. The van der Waals surface area contributed by atoms with Gasteiger partial charge in [-0.3, -0.25) is 19.2 Å². The molecule has 2 atom stereocenters. The normalized spacial score (nSPS) is 12.9. The van der Waals surface area contributed by atoms with E-state index in [4.69, 9.17) is 4.74 Å². The molecule has 0 amide bonds. The van der Waals surface area contributed by atoms with Crippen LogP contribution in [0.5, 0.6) is 0 Å². The van der Waals surface area contributed by atoms with Crippen LogP contribution in [0.4, 0.5) is 0 Å². The molecule has 9 nitrogen and oxygen atoms in total. The molecule has 0 radical (unpaired) electrons. The Bertz CT molecular complexity index is 1280. The molecule has 0 aliphatic rings. The van der Waals surface area contributed by atoms with Gasteiger partial charge in [-0.25, -0.2) is 9.97 Å². The number of benzene rings is 2. The first-order valence-corrected chi connectivity index (χ1v) is 14.5. The van der Waals surface area contributed by atoms with Crippen LogP contribution in [0.3, 0.4) is 0 Å². The Kier molecular flexibility index (Phi) is 9.14. The molecule has 0 spiro atoms. The Balaban J connectivity index is 1.27. The van der Waals surface area contributed by atoms with E-state index in [0.717, 1.165) is 20.4 Å². The Morgan fingerprint density at radius 2 is 1.14 bits per heavy atom. The molecular formula is C24H20N2O7S4. The number of hydrogen-bond donors (Lipinski definition) is 2. The van der Waals surface area contributed by atoms with Crippen LogP contribution in [-0.4, -0.2) is 55.6 Å². The van der Waals surface area contributed by atoms with Gasteiger partial charge < -0.3 is 14.9 Å². The summed E-state index contributed by atoms with van der Waals surface area (Å²) < 4.78 is 8.05. The highest BCUT2D eigenvalue weighted by molar-refractivity contribution is 8.01. The van der Waals surface area contributed by atoms with Crippen LogP contribution in [0, 0.1) is 11.8 Å². The van der Waals surface area contributed by atoms with Gasteiger partial charge in [-0.15, -0.1) is 22.7 Å². The van der Waals surface area contributed by atoms with Crippen LogP contribution < -0.4 is 0 Å². The van der Waals surface area contributed by atoms with Crippen molar-refractivity contribution in [3.63, 3.8) is 0 Å². The van der Waals surface area contributed by atoms with Crippen LogP contribution in [0.2, 0.25) is 0 Å². The highest BCUT2D eigenvalue weighted by atomic mass is 32.2. The smallest absolute Gasteiger partial charge is 0.314 e. The van der Waals surface area contributed by atoms with Crippen LogP contribution in [-0.2, 0) is 23.9 Å². The third kappa shape index (κ3) is 7.51. The van der Waals surface area contributed by atoms with Gasteiger partial charge in [-0.1, -0.05) is 47.8 Å². The van der Waals surface area contributed by atoms with E-state index in [1.54, 1.807) is 0 Å². The minimum absolute atomic E-state index is 0.0645. The predicted molar refractivity (Wildman–Crippen MR) is 143 cm³/mol. The predicted octanol–water partition coefficient (Wildman–Crippen LogP) is 5.04.